The van der Waals surface area contributed by atoms with Gasteiger partial charge in [-0.3, -0.25) is 18.9 Å². The summed E-state index contributed by atoms with van der Waals surface area (Å²) >= 11 is 0. The van der Waals surface area contributed by atoms with Gasteiger partial charge in [0.2, 0.25) is 0 Å². The van der Waals surface area contributed by atoms with Crippen molar-refractivity contribution in [3.63, 3.8) is 0 Å². The largest absolute Gasteiger partial charge is 0.482 e. The van der Waals surface area contributed by atoms with Crippen LogP contribution in [0, 0.1) is 11.6 Å². The number of carbonyl (C=O) groups is 2. The number of ether oxygens (including phenoxy) is 1. The van der Waals surface area contributed by atoms with Gasteiger partial charge in [-0.15, -0.1) is 0 Å². The van der Waals surface area contributed by atoms with Gasteiger partial charge in [0, 0.05) is 18.8 Å². The molecule has 168 valence electrons. The summed E-state index contributed by atoms with van der Waals surface area (Å²) in [6.07, 6.45) is 2.23. The van der Waals surface area contributed by atoms with E-state index in [1.54, 1.807) is 35.8 Å². The number of rotatable bonds is 7. The number of carbonyl (C=O) groups excluding carboxylic acids is 2. The molecule has 0 aliphatic rings. The molecular weight excluding hydrogens is 428 g/mol. The molecule has 4 rings (SSSR count). The highest BCUT2D eigenvalue weighted by Gasteiger charge is 2.24. The second-order valence-electron chi connectivity index (χ2n) is 7.36. The van der Waals surface area contributed by atoms with Gasteiger partial charge in [0.25, 0.3) is 5.91 Å². The first-order valence-electron chi connectivity index (χ1n) is 10.3. The number of halogens is 2. The Morgan fingerprint density at radius 3 is 2.45 bits per heavy atom. The molecule has 0 atom stereocenters. The lowest BCUT2D eigenvalue weighted by Gasteiger charge is -2.19. The third kappa shape index (κ3) is 4.32. The maximum absolute atomic E-state index is 14.2. The van der Waals surface area contributed by atoms with Gasteiger partial charge in [-0.2, -0.15) is 0 Å². The molecule has 0 fully saturated rings. The van der Waals surface area contributed by atoms with E-state index in [1.165, 1.54) is 47.4 Å². The van der Waals surface area contributed by atoms with Crippen molar-refractivity contribution in [2.75, 3.05) is 18.6 Å². The molecule has 0 unspecified atom stereocenters. The number of nitrogens with zero attached hydrogens (tertiary/aromatic N) is 3. The fourth-order valence-electron chi connectivity index (χ4n) is 3.56. The highest BCUT2D eigenvalue weighted by molar-refractivity contribution is 6.06. The number of hydrogen-bond donors (Lipinski definition) is 0. The van der Waals surface area contributed by atoms with Crippen LogP contribution in [0.15, 0.2) is 66.9 Å². The molecule has 0 N–H and O–H groups in total. The van der Waals surface area contributed by atoms with Crippen LogP contribution in [-0.2, 0) is 6.42 Å². The van der Waals surface area contributed by atoms with Crippen LogP contribution in [0.1, 0.15) is 33.3 Å². The fraction of sp³-hybridized carbons (Fsp3) is 0.160. The minimum Gasteiger partial charge on any atom is -0.482 e. The van der Waals surface area contributed by atoms with Crippen LogP contribution in [0.25, 0.3) is 5.65 Å². The number of ketones is 1. The van der Waals surface area contributed by atoms with E-state index in [1.807, 2.05) is 6.92 Å². The van der Waals surface area contributed by atoms with Crippen molar-refractivity contribution in [2.24, 2.45) is 0 Å². The van der Waals surface area contributed by atoms with Gasteiger partial charge in [-0.1, -0.05) is 19.1 Å². The van der Waals surface area contributed by atoms with Crippen LogP contribution in [0.2, 0.25) is 0 Å². The first-order valence-corrected chi connectivity index (χ1v) is 10.3. The lowest BCUT2D eigenvalue weighted by atomic mass is 10.1. The van der Waals surface area contributed by atoms with E-state index in [0.717, 1.165) is 0 Å². The first-order chi connectivity index (χ1) is 15.9. The molecule has 0 aliphatic heterocycles. The van der Waals surface area contributed by atoms with E-state index in [4.69, 9.17) is 4.74 Å². The zero-order valence-electron chi connectivity index (χ0n) is 18.1. The Labute approximate surface area is 189 Å². The Kier molecular flexibility index (Phi) is 6.17. The van der Waals surface area contributed by atoms with Crippen molar-refractivity contribution >= 4 is 23.2 Å². The first kappa shape index (κ1) is 22.1. The number of fused-ring (bicyclic) bond motifs is 1. The van der Waals surface area contributed by atoms with Crippen molar-refractivity contribution in [1.29, 1.82) is 0 Å². The minimum absolute atomic E-state index is 0.0469. The summed E-state index contributed by atoms with van der Waals surface area (Å²) in [5, 5.41) is 0. The van der Waals surface area contributed by atoms with Crippen LogP contribution in [-0.4, -0.2) is 34.7 Å². The van der Waals surface area contributed by atoms with Gasteiger partial charge < -0.3 is 4.74 Å². The van der Waals surface area contributed by atoms with Crippen LogP contribution in [0.3, 0.4) is 0 Å². The fourth-order valence-corrected chi connectivity index (χ4v) is 3.56. The Morgan fingerprint density at radius 1 is 1.03 bits per heavy atom. The van der Waals surface area contributed by atoms with E-state index in [-0.39, 0.29) is 18.0 Å². The normalized spacial score (nSPS) is 10.9. The molecule has 4 aromatic rings. The molecule has 6 nitrogen and oxygen atoms in total. The second-order valence-corrected chi connectivity index (χ2v) is 7.36. The summed E-state index contributed by atoms with van der Waals surface area (Å²) in [6, 6.07) is 14.4. The zero-order chi connectivity index (χ0) is 23.5. The Morgan fingerprint density at radius 2 is 1.76 bits per heavy atom. The Bertz CT molecular complexity index is 1330. The predicted molar refractivity (Wildman–Crippen MR) is 120 cm³/mol. The summed E-state index contributed by atoms with van der Waals surface area (Å²) < 4.78 is 34.7. The number of hydrogen-bond acceptors (Lipinski definition) is 4. The number of aryl methyl sites for hydroxylation is 1. The number of benzene rings is 2. The smallest absolute Gasteiger partial charge is 0.262 e. The molecule has 0 saturated heterocycles. The molecule has 1 amide bonds. The average molecular weight is 449 g/mol. The van der Waals surface area contributed by atoms with Crippen LogP contribution in [0.5, 0.6) is 5.75 Å². The van der Waals surface area contributed by atoms with E-state index >= 15 is 0 Å². The van der Waals surface area contributed by atoms with E-state index < -0.39 is 17.5 Å². The SMILES string of the molecule is CCc1nc2c(OCC(=O)c3ccc(F)cc3)cccn2c1N(C)C(=O)c1ccccc1F. The number of pyridine rings is 1. The average Bonchev–Trinajstić information content (AvgIpc) is 3.21. The molecule has 8 heteroatoms. The predicted octanol–water partition coefficient (Wildman–Crippen LogP) is 4.71. The summed E-state index contributed by atoms with van der Waals surface area (Å²) in [6.45, 7) is 1.63. The molecule has 2 heterocycles. The van der Waals surface area contributed by atoms with E-state index in [2.05, 4.69) is 4.98 Å². The van der Waals surface area contributed by atoms with Gasteiger partial charge in [-0.25, -0.2) is 13.8 Å². The topological polar surface area (TPSA) is 63.9 Å². The maximum atomic E-state index is 14.2. The third-order valence-electron chi connectivity index (χ3n) is 5.24. The van der Waals surface area contributed by atoms with Crippen molar-refractivity contribution in [3.8, 4) is 5.75 Å². The standard InChI is InChI=1S/C25H21F2N3O3/c1-3-20-24(29(2)25(32)18-7-4-5-8-19(18)27)30-14-6-9-22(23(30)28-20)33-15-21(31)16-10-12-17(26)13-11-16/h4-14H,3,15H2,1-2H3. The molecule has 0 spiro atoms. The molecule has 0 saturated carbocycles. The molecule has 33 heavy (non-hydrogen) atoms. The molecule has 0 bridgehead atoms. The van der Waals surface area contributed by atoms with Crippen LogP contribution >= 0.6 is 0 Å². The number of imidazole rings is 1. The molecule has 0 radical (unpaired) electrons. The summed E-state index contributed by atoms with van der Waals surface area (Å²) in [7, 11) is 1.56. The number of aromatic nitrogens is 2. The van der Waals surface area contributed by atoms with Gasteiger partial charge >= 0.3 is 0 Å². The van der Waals surface area contributed by atoms with E-state index in [0.29, 0.717) is 34.9 Å². The minimum atomic E-state index is -0.607. The number of anilines is 1. The van der Waals surface area contributed by atoms with Gasteiger partial charge in [0.05, 0.1) is 11.3 Å². The van der Waals surface area contributed by atoms with Crippen molar-refractivity contribution in [3.05, 3.63) is 95.3 Å². The monoisotopic (exact) mass is 449 g/mol. The Balaban J connectivity index is 1.65. The van der Waals surface area contributed by atoms with E-state index in [9.17, 15) is 18.4 Å². The van der Waals surface area contributed by atoms with Gasteiger partial charge in [0.15, 0.2) is 23.8 Å². The third-order valence-corrected chi connectivity index (χ3v) is 5.24. The zero-order valence-corrected chi connectivity index (χ0v) is 18.1. The quantitative estimate of drug-likeness (QED) is 0.383. The van der Waals surface area contributed by atoms with Gasteiger partial charge in [0.1, 0.15) is 17.5 Å². The van der Waals surface area contributed by atoms with Crippen LogP contribution in [0.4, 0.5) is 14.6 Å². The van der Waals surface area contributed by atoms with Crippen LogP contribution < -0.4 is 9.64 Å². The summed E-state index contributed by atoms with van der Waals surface area (Å²) in [5.41, 5.74) is 1.32. The molecule has 2 aromatic carbocycles. The highest BCUT2D eigenvalue weighted by atomic mass is 19.1. The Hall–Kier alpha value is -4.07. The maximum Gasteiger partial charge on any atom is 0.262 e. The van der Waals surface area contributed by atoms with Crippen molar-refractivity contribution in [1.82, 2.24) is 9.38 Å². The summed E-state index contributed by atoms with van der Waals surface area (Å²) in [4.78, 5) is 31.4. The summed E-state index contributed by atoms with van der Waals surface area (Å²) in [5.74, 6) is -1.03. The van der Waals surface area contributed by atoms with Gasteiger partial charge in [-0.05, 0) is 55.0 Å². The lowest BCUT2D eigenvalue weighted by molar-refractivity contribution is 0.0921. The highest BCUT2D eigenvalue weighted by Crippen LogP contribution is 2.29. The van der Waals surface area contributed by atoms with Crippen molar-refractivity contribution < 1.29 is 23.1 Å². The second kappa shape index (κ2) is 9.20. The molecule has 0 aliphatic carbocycles. The molecular formula is C25H21F2N3O3. The number of amides is 1. The van der Waals surface area contributed by atoms with Crippen molar-refractivity contribution in [2.45, 2.75) is 13.3 Å². The lowest BCUT2D eigenvalue weighted by Crippen LogP contribution is -2.29. The molecule has 2 aromatic heterocycles. The number of Topliss-reactive ketones (excluding diaryl/α,β-unsaturated/α-hetero) is 1.